The molecule has 0 aromatic carbocycles. The lowest BCUT2D eigenvalue weighted by molar-refractivity contribution is -0.143. The summed E-state index contributed by atoms with van der Waals surface area (Å²) in [6.45, 7) is 6.59. The monoisotopic (exact) mass is 312 g/mol. The van der Waals surface area contributed by atoms with Crippen LogP contribution in [0.1, 0.15) is 52.9 Å². The number of carboxylic acids is 1. The number of carbonyl (C=O) groups excluding carboxylic acids is 2. The van der Waals surface area contributed by atoms with Gasteiger partial charge in [0.1, 0.15) is 6.04 Å². The van der Waals surface area contributed by atoms with Crippen LogP contribution in [-0.2, 0) is 14.4 Å². The maximum absolute atomic E-state index is 12.3. The van der Waals surface area contributed by atoms with Crippen LogP contribution in [0.5, 0.6) is 0 Å². The number of nitrogens with one attached hydrogen (secondary N) is 1. The molecule has 0 aliphatic carbocycles. The molecule has 6 heteroatoms. The Bertz CT molecular complexity index is 409. The second-order valence-electron chi connectivity index (χ2n) is 6.41. The van der Waals surface area contributed by atoms with Crippen molar-refractivity contribution in [3.05, 3.63) is 0 Å². The quantitative estimate of drug-likeness (QED) is 0.713. The molecule has 0 saturated carbocycles. The van der Waals surface area contributed by atoms with Gasteiger partial charge in [0.15, 0.2) is 0 Å². The van der Waals surface area contributed by atoms with Crippen LogP contribution in [0.15, 0.2) is 0 Å². The summed E-state index contributed by atoms with van der Waals surface area (Å²) in [5.74, 6) is -1.43. The van der Waals surface area contributed by atoms with Gasteiger partial charge in [-0.05, 0) is 31.6 Å². The summed E-state index contributed by atoms with van der Waals surface area (Å²) >= 11 is 0. The molecule has 0 spiro atoms. The zero-order valence-electron chi connectivity index (χ0n) is 13.8. The van der Waals surface area contributed by atoms with E-state index < -0.39 is 17.9 Å². The Hall–Kier alpha value is -1.59. The fraction of sp³-hybridized carbons (Fsp3) is 0.812. The second-order valence-corrected chi connectivity index (χ2v) is 6.41. The van der Waals surface area contributed by atoms with Crippen molar-refractivity contribution in [3.8, 4) is 0 Å². The molecule has 2 N–H and O–H groups in total. The molecule has 1 aliphatic rings. The first-order valence-electron chi connectivity index (χ1n) is 8.16. The van der Waals surface area contributed by atoms with Crippen LogP contribution in [-0.4, -0.2) is 46.9 Å². The van der Waals surface area contributed by atoms with E-state index in [9.17, 15) is 19.5 Å². The van der Waals surface area contributed by atoms with Gasteiger partial charge in [-0.1, -0.05) is 20.8 Å². The van der Waals surface area contributed by atoms with Gasteiger partial charge in [-0.2, -0.15) is 0 Å². The number of amides is 2. The highest BCUT2D eigenvalue weighted by Crippen LogP contribution is 2.19. The van der Waals surface area contributed by atoms with Crippen molar-refractivity contribution in [2.24, 2.45) is 11.8 Å². The SMILES string of the molecule is CCCC(=O)N1CCCC1C(=O)NCC(CC(C)C)C(=O)O. The van der Waals surface area contributed by atoms with Crippen molar-refractivity contribution in [1.29, 1.82) is 0 Å². The molecule has 1 rings (SSSR count). The molecular formula is C16H28N2O4. The zero-order valence-corrected chi connectivity index (χ0v) is 13.8. The summed E-state index contributed by atoms with van der Waals surface area (Å²) in [6, 6.07) is -0.437. The standard InChI is InChI=1S/C16H28N2O4/c1-4-6-14(19)18-8-5-7-13(18)15(20)17-10-12(16(21)22)9-11(2)3/h11-13H,4-10H2,1-3H3,(H,17,20)(H,21,22). The first-order valence-corrected chi connectivity index (χ1v) is 8.16. The van der Waals surface area contributed by atoms with E-state index in [1.807, 2.05) is 20.8 Å². The maximum Gasteiger partial charge on any atom is 0.308 e. The summed E-state index contributed by atoms with van der Waals surface area (Å²) in [5.41, 5.74) is 0. The number of aliphatic carboxylic acids is 1. The molecule has 1 saturated heterocycles. The van der Waals surface area contributed by atoms with Gasteiger partial charge in [0.2, 0.25) is 11.8 Å². The van der Waals surface area contributed by atoms with Gasteiger partial charge >= 0.3 is 5.97 Å². The molecule has 2 amide bonds. The predicted octanol–water partition coefficient (Wildman–Crippen LogP) is 1.64. The topological polar surface area (TPSA) is 86.7 Å². The van der Waals surface area contributed by atoms with E-state index in [-0.39, 0.29) is 24.3 Å². The van der Waals surface area contributed by atoms with Gasteiger partial charge < -0.3 is 15.3 Å². The number of hydrogen-bond donors (Lipinski definition) is 2. The Morgan fingerprint density at radius 1 is 1.32 bits per heavy atom. The predicted molar refractivity (Wildman–Crippen MR) is 83.2 cm³/mol. The third-order valence-electron chi connectivity index (χ3n) is 3.97. The van der Waals surface area contributed by atoms with Gasteiger partial charge in [-0.25, -0.2) is 0 Å². The smallest absolute Gasteiger partial charge is 0.308 e. The van der Waals surface area contributed by atoms with Crippen molar-refractivity contribution >= 4 is 17.8 Å². The largest absolute Gasteiger partial charge is 0.481 e. The first-order chi connectivity index (χ1) is 10.4. The molecule has 1 heterocycles. The molecule has 0 aromatic rings. The van der Waals surface area contributed by atoms with E-state index in [1.165, 1.54) is 0 Å². The Morgan fingerprint density at radius 3 is 2.55 bits per heavy atom. The molecule has 0 bridgehead atoms. The molecule has 1 aliphatic heterocycles. The van der Waals surface area contributed by atoms with E-state index in [4.69, 9.17) is 0 Å². The summed E-state index contributed by atoms with van der Waals surface area (Å²) in [6.07, 6.45) is 3.22. The minimum Gasteiger partial charge on any atom is -0.481 e. The Kier molecular flexibility index (Phi) is 7.35. The number of rotatable bonds is 8. The lowest BCUT2D eigenvalue weighted by atomic mass is 9.97. The molecule has 2 atom stereocenters. The molecular weight excluding hydrogens is 284 g/mol. The summed E-state index contributed by atoms with van der Waals surface area (Å²) in [5, 5.41) is 11.9. The van der Waals surface area contributed by atoms with Crippen LogP contribution in [0.2, 0.25) is 0 Å². The lowest BCUT2D eigenvalue weighted by Gasteiger charge is -2.24. The maximum atomic E-state index is 12.3. The minimum absolute atomic E-state index is 0.0112. The third-order valence-corrected chi connectivity index (χ3v) is 3.97. The Balaban J connectivity index is 2.56. The van der Waals surface area contributed by atoms with E-state index in [0.29, 0.717) is 25.8 Å². The summed E-state index contributed by atoms with van der Waals surface area (Å²) in [7, 11) is 0. The molecule has 1 fully saturated rings. The second kappa shape index (κ2) is 8.76. The van der Waals surface area contributed by atoms with E-state index >= 15 is 0 Å². The highest BCUT2D eigenvalue weighted by atomic mass is 16.4. The molecule has 0 aromatic heterocycles. The van der Waals surface area contributed by atoms with Crippen LogP contribution in [0.4, 0.5) is 0 Å². The van der Waals surface area contributed by atoms with E-state index in [2.05, 4.69) is 5.32 Å². The lowest BCUT2D eigenvalue weighted by Crippen LogP contribution is -2.47. The average molecular weight is 312 g/mol. The summed E-state index contributed by atoms with van der Waals surface area (Å²) < 4.78 is 0. The zero-order chi connectivity index (χ0) is 16.7. The fourth-order valence-corrected chi connectivity index (χ4v) is 2.88. The van der Waals surface area contributed by atoms with Gasteiger partial charge in [0.25, 0.3) is 0 Å². The molecule has 22 heavy (non-hydrogen) atoms. The number of carbonyl (C=O) groups is 3. The number of carboxylic acid groups (broad SMARTS) is 1. The highest BCUT2D eigenvalue weighted by Gasteiger charge is 2.34. The normalized spacial score (nSPS) is 19.3. The average Bonchev–Trinajstić information content (AvgIpc) is 2.92. The fourth-order valence-electron chi connectivity index (χ4n) is 2.88. The van der Waals surface area contributed by atoms with Crippen molar-refractivity contribution in [2.75, 3.05) is 13.1 Å². The van der Waals surface area contributed by atoms with Crippen molar-refractivity contribution < 1.29 is 19.5 Å². The van der Waals surface area contributed by atoms with E-state index in [1.54, 1.807) is 4.90 Å². The Labute approximate surface area is 132 Å². The number of hydrogen-bond acceptors (Lipinski definition) is 3. The Morgan fingerprint density at radius 2 is 2.00 bits per heavy atom. The van der Waals surface area contributed by atoms with Gasteiger partial charge in [0.05, 0.1) is 5.92 Å². The van der Waals surface area contributed by atoms with Crippen molar-refractivity contribution in [2.45, 2.75) is 58.9 Å². The van der Waals surface area contributed by atoms with Crippen LogP contribution >= 0.6 is 0 Å². The number of likely N-dealkylation sites (tertiary alicyclic amines) is 1. The van der Waals surface area contributed by atoms with Crippen LogP contribution < -0.4 is 5.32 Å². The summed E-state index contributed by atoms with van der Waals surface area (Å²) in [4.78, 5) is 37.1. The molecule has 0 radical (unpaired) electrons. The minimum atomic E-state index is -0.890. The van der Waals surface area contributed by atoms with E-state index in [0.717, 1.165) is 12.8 Å². The van der Waals surface area contributed by atoms with Gasteiger partial charge in [0, 0.05) is 19.5 Å². The van der Waals surface area contributed by atoms with Crippen molar-refractivity contribution in [1.82, 2.24) is 10.2 Å². The van der Waals surface area contributed by atoms with Crippen molar-refractivity contribution in [3.63, 3.8) is 0 Å². The highest BCUT2D eigenvalue weighted by molar-refractivity contribution is 5.88. The van der Waals surface area contributed by atoms with Crippen LogP contribution in [0.25, 0.3) is 0 Å². The molecule has 126 valence electrons. The van der Waals surface area contributed by atoms with Crippen LogP contribution in [0, 0.1) is 11.8 Å². The first kappa shape index (κ1) is 18.5. The van der Waals surface area contributed by atoms with Crippen LogP contribution in [0.3, 0.4) is 0 Å². The number of nitrogens with zero attached hydrogens (tertiary/aromatic N) is 1. The van der Waals surface area contributed by atoms with Gasteiger partial charge in [-0.3, -0.25) is 14.4 Å². The third kappa shape index (κ3) is 5.31. The van der Waals surface area contributed by atoms with Gasteiger partial charge in [-0.15, -0.1) is 0 Å². The molecule has 2 unspecified atom stereocenters. The molecule has 6 nitrogen and oxygen atoms in total.